The number of ether oxygens (including phenoxy) is 2. The van der Waals surface area contributed by atoms with E-state index >= 15 is 0 Å². The Morgan fingerprint density at radius 2 is 1.67 bits per heavy atom. The number of hydrogen-bond donors (Lipinski definition) is 2. The van der Waals surface area contributed by atoms with Gasteiger partial charge in [0.05, 0.1) is 17.7 Å². The minimum Gasteiger partial charge on any atom is -0.486 e. The molecule has 0 aliphatic carbocycles. The smallest absolute Gasteiger partial charge is 0.240 e. The van der Waals surface area contributed by atoms with Crippen molar-refractivity contribution in [3.05, 3.63) is 72.2 Å². The lowest BCUT2D eigenvalue weighted by Gasteiger charge is -2.18. The molecule has 0 unspecified atom stereocenters. The van der Waals surface area contributed by atoms with Crippen molar-refractivity contribution >= 4 is 27.4 Å². The number of sulfonamides is 1. The minimum atomic E-state index is -3.73. The molecule has 0 saturated heterocycles. The van der Waals surface area contributed by atoms with Crippen LogP contribution in [0.15, 0.2) is 70.2 Å². The van der Waals surface area contributed by atoms with Crippen LogP contribution in [-0.2, 0) is 21.4 Å². The fourth-order valence-corrected chi connectivity index (χ4v) is 4.19. The van der Waals surface area contributed by atoms with E-state index in [4.69, 9.17) is 13.9 Å². The standard InChI is InChI=1S/C23H22N2O7S/c26-20(16-3-9-21-22(14-16)32-13-12-31-21)8-10-23(27)25-17-4-6-19(7-5-17)33(28,29)24-15-18-2-1-11-30-18/h1-7,9,11,14,24H,8,10,12-13,15H2,(H,25,27). The van der Waals surface area contributed by atoms with Crippen LogP contribution in [0, 0.1) is 0 Å². The fraction of sp³-hybridized carbons (Fsp3) is 0.217. The molecule has 2 heterocycles. The number of anilines is 1. The Balaban J connectivity index is 1.28. The molecule has 1 aliphatic rings. The summed E-state index contributed by atoms with van der Waals surface area (Å²) in [4.78, 5) is 24.7. The highest BCUT2D eigenvalue weighted by Crippen LogP contribution is 2.31. The zero-order chi connectivity index (χ0) is 23.3. The van der Waals surface area contributed by atoms with E-state index in [2.05, 4.69) is 10.0 Å². The number of rotatable bonds is 9. The van der Waals surface area contributed by atoms with Crippen LogP contribution in [0.5, 0.6) is 11.5 Å². The van der Waals surface area contributed by atoms with Gasteiger partial charge in [-0.2, -0.15) is 0 Å². The lowest BCUT2D eigenvalue weighted by Crippen LogP contribution is -2.23. The van der Waals surface area contributed by atoms with Gasteiger partial charge in [-0.1, -0.05) is 0 Å². The first-order valence-corrected chi connectivity index (χ1v) is 11.7. The minimum absolute atomic E-state index is 0.0158. The molecule has 0 spiro atoms. The Morgan fingerprint density at radius 3 is 2.39 bits per heavy atom. The molecule has 3 aromatic rings. The molecule has 2 aromatic carbocycles. The number of hydrogen-bond acceptors (Lipinski definition) is 7. The maximum atomic E-state index is 12.4. The summed E-state index contributed by atoms with van der Waals surface area (Å²) in [5, 5.41) is 2.67. The molecule has 172 valence electrons. The van der Waals surface area contributed by atoms with Crippen LogP contribution in [0.25, 0.3) is 0 Å². The molecule has 0 fully saturated rings. The predicted octanol–water partition coefficient (Wildman–Crippen LogP) is 3.13. The molecule has 0 atom stereocenters. The second kappa shape index (κ2) is 9.88. The zero-order valence-electron chi connectivity index (χ0n) is 17.6. The highest BCUT2D eigenvalue weighted by atomic mass is 32.2. The third-order valence-electron chi connectivity index (χ3n) is 4.91. The molecule has 33 heavy (non-hydrogen) atoms. The van der Waals surface area contributed by atoms with Gasteiger partial charge in [-0.25, -0.2) is 13.1 Å². The monoisotopic (exact) mass is 470 g/mol. The van der Waals surface area contributed by atoms with Crippen LogP contribution in [0.1, 0.15) is 29.0 Å². The number of Topliss-reactive ketones (excluding diaryl/α,β-unsaturated/α-hetero) is 1. The van der Waals surface area contributed by atoms with Gasteiger partial charge in [0.15, 0.2) is 17.3 Å². The third-order valence-corrected chi connectivity index (χ3v) is 6.33. The van der Waals surface area contributed by atoms with E-state index in [9.17, 15) is 18.0 Å². The second-order valence-electron chi connectivity index (χ2n) is 7.26. The Kier molecular flexibility index (Phi) is 6.76. The van der Waals surface area contributed by atoms with Crippen molar-refractivity contribution in [3.8, 4) is 11.5 Å². The van der Waals surface area contributed by atoms with Crippen LogP contribution >= 0.6 is 0 Å². The molecule has 9 nitrogen and oxygen atoms in total. The maximum absolute atomic E-state index is 12.4. The van der Waals surface area contributed by atoms with Gasteiger partial charge in [-0.3, -0.25) is 9.59 Å². The summed E-state index contributed by atoms with van der Waals surface area (Å²) in [6.45, 7) is 0.924. The number of fused-ring (bicyclic) bond motifs is 1. The normalized spacial score (nSPS) is 12.8. The highest BCUT2D eigenvalue weighted by molar-refractivity contribution is 7.89. The topological polar surface area (TPSA) is 124 Å². The number of nitrogens with one attached hydrogen (secondary N) is 2. The van der Waals surface area contributed by atoms with Crippen molar-refractivity contribution in [2.45, 2.75) is 24.3 Å². The van der Waals surface area contributed by atoms with E-state index in [1.54, 1.807) is 30.3 Å². The highest BCUT2D eigenvalue weighted by Gasteiger charge is 2.17. The quantitative estimate of drug-likeness (QED) is 0.461. The van der Waals surface area contributed by atoms with E-state index in [-0.39, 0.29) is 36.0 Å². The molecule has 1 aliphatic heterocycles. The van der Waals surface area contributed by atoms with Crippen molar-refractivity contribution in [2.75, 3.05) is 18.5 Å². The van der Waals surface area contributed by atoms with E-state index in [1.165, 1.54) is 30.5 Å². The Hall–Kier alpha value is -3.63. The summed E-state index contributed by atoms with van der Waals surface area (Å²) in [6, 6.07) is 14.0. The lowest BCUT2D eigenvalue weighted by atomic mass is 10.1. The van der Waals surface area contributed by atoms with Crippen LogP contribution in [0.3, 0.4) is 0 Å². The molecule has 2 N–H and O–H groups in total. The van der Waals surface area contributed by atoms with E-state index in [0.29, 0.717) is 41.7 Å². The molecule has 0 saturated carbocycles. The van der Waals surface area contributed by atoms with E-state index < -0.39 is 10.0 Å². The maximum Gasteiger partial charge on any atom is 0.240 e. The van der Waals surface area contributed by atoms with Gasteiger partial charge in [0.2, 0.25) is 15.9 Å². The summed E-state index contributed by atoms with van der Waals surface area (Å²) in [5.74, 6) is 1.06. The Morgan fingerprint density at radius 1 is 0.909 bits per heavy atom. The summed E-state index contributed by atoms with van der Waals surface area (Å²) in [5.41, 5.74) is 0.875. The number of carbonyl (C=O) groups is 2. The summed E-state index contributed by atoms with van der Waals surface area (Å²) in [7, 11) is -3.73. The van der Waals surface area contributed by atoms with Gasteiger partial charge >= 0.3 is 0 Å². The largest absolute Gasteiger partial charge is 0.486 e. The fourth-order valence-electron chi connectivity index (χ4n) is 3.19. The summed E-state index contributed by atoms with van der Waals surface area (Å²) >= 11 is 0. The van der Waals surface area contributed by atoms with Crippen molar-refractivity contribution in [3.63, 3.8) is 0 Å². The van der Waals surface area contributed by atoms with Gasteiger partial charge < -0.3 is 19.2 Å². The van der Waals surface area contributed by atoms with Crippen LogP contribution in [-0.4, -0.2) is 33.3 Å². The van der Waals surface area contributed by atoms with Gasteiger partial charge in [0.25, 0.3) is 0 Å². The molecular formula is C23H22N2O7S. The van der Waals surface area contributed by atoms with E-state index in [0.717, 1.165) is 0 Å². The summed E-state index contributed by atoms with van der Waals surface area (Å²) in [6.07, 6.45) is 1.47. The van der Waals surface area contributed by atoms with Gasteiger partial charge in [0, 0.05) is 24.1 Å². The average molecular weight is 471 g/mol. The third kappa shape index (κ3) is 5.79. The van der Waals surface area contributed by atoms with Gasteiger partial charge in [-0.15, -0.1) is 0 Å². The van der Waals surface area contributed by atoms with Crippen LogP contribution < -0.4 is 19.5 Å². The molecule has 0 bridgehead atoms. The zero-order valence-corrected chi connectivity index (χ0v) is 18.4. The molecule has 0 radical (unpaired) electrons. The Labute approximate surface area is 190 Å². The summed E-state index contributed by atoms with van der Waals surface area (Å²) < 4.78 is 43.2. The number of ketones is 1. The lowest BCUT2D eigenvalue weighted by molar-refractivity contribution is -0.116. The molecule has 1 amide bonds. The van der Waals surface area contributed by atoms with Crippen LogP contribution in [0.2, 0.25) is 0 Å². The molecule has 10 heteroatoms. The number of furan rings is 1. The first-order chi connectivity index (χ1) is 15.9. The predicted molar refractivity (Wildman–Crippen MR) is 119 cm³/mol. The van der Waals surface area contributed by atoms with E-state index in [1.807, 2.05) is 0 Å². The number of carbonyl (C=O) groups excluding carboxylic acids is 2. The molecular weight excluding hydrogens is 448 g/mol. The van der Waals surface area contributed by atoms with Crippen molar-refractivity contribution in [2.24, 2.45) is 0 Å². The molecule has 4 rings (SSSR count). The number of benzene rings is 2. The average Bonchev–Trinajstić information content (AvgIpc) is 3.35. The van der Waals surface area contributed by atoms with Gasteiger partial charge in [-0.05, 0) is 54.6 Å². The first-order valence-electron chi connectivity index (χ1n) is 10.3. The van der Waals surface area contributed by atoms with Crippen molar-refractivity contribution in [1.82, 2.24) is 4.72 Å². The van der Waals surface area contributed by atoms with Crippen molar-refractivity contribution in [1.29, 1.82) is 0 Å². The van der Waals surface area contributed by atoms with Crippen LogP contribution in [0.4, 0.5) is 5.69 Å². The van der Waals surface area contributed by atoms with Gasteiger partial charge in [0.1, 0.15) is 19.0 Å². The SMILES string of the molecule is O=C(CCC(=O)c1ccc2c(c1)OCCO2)Nc1ccc(S(=O)(=O)NCc2ccco2)cc1. The number of amides is 1. The second-order valence-corrected chi connectivity index (χ2v) is 9.03. The Bertz CT molecular complexity index is 1240. The molecule has 1 aromatic heterocycles. The van der Waals surface area contributed by atoms with Crippen molar-refractivity contribution < 1.29 is 31.9 Å². The first kappa shape index (κ1) is 22.6.